The quantitative estimate of drug-likeness (QED) is 0.635. The average molecular weight is 297 g/mol. The van der Waals surface area contributed by atoms with E-state index < -0.39 is 0 Å². The van der Waals surface area contributed by atoms with Crippen molar-refractivity contribution in [1.82, 2.24) is 0 Å². The van der Waals surface area contributed by atoms with Crippen LogP contribution < -0.4 is 0 Å². The third-order valence-electron chi connectivity index (χ3n) is 2.65. The predicted molar refractivity (Wildman–Crippen MR) is 67.9 cm³/mol. The first-order valence-electron chi connectivity index (χ1n) is 5.41. The number of ether oxygens (including phenoxy) is 2. The van der Waals surface area contributed by atoms with Crippen molar-refractivity contribution in [3.8, 4) is 0 Å². The lowest BCUT2D eigenvalue weighted by Gasteiger charge is -2.15. The zero-order valence-electron chi connectivity index (χ0n) is 9.27. The summed E-state index contributed by atoms with van der Waals surface area (Å²) in [5.74, 6) is -0.320. The van der Waals surface area contributed by atoms with E-state index in [1.54, 1.807) is 18.2 Å². The molecule has 2 rings (SSSR count). The molecule has 0 amide bonds. The summed E-state index contributed by atoms with van der Waals surface area (Å²) in [5.41, 5.74) is 0.544. The van der Waals surface area contributed by atoms with Crippen LogP contribution in [0.3, 0.4) is 0 Å². The Hall–Kier alpha value is -1.13. The van der Waals surface area contributed by atoms with E-state index in [0.717, 1.165) is 10.9 Å². The van der Waals surface area contributed by atoms with Gasteiger partial charge in [0.1, 0.15) is 12.2 Å². The highest BCUT2D eigenvalue weighted by Gasteiger charge is 2.29. The first-order valence-corrected chi connectivity index (χ1v) is 6.20. The Balaban J connectivity index is 2.01. The third-order valence-corrected chi connectivity index (χ3v) is 3.18. The molecule has 4 heteroatoms. The van der Waals surface area contributed by atoms with E-state index in [0.29, 0.717) is 12.2 Å². The van der Waals surface area contributed by atoms with Crippen LogP contribution in [0.4, 0.5) is 0 Å². The van der Waals surface area contributed by atoms with Crippen LogP contribution >= 0.6 is 15.9 Å². The largest absolute Gasteiger partial charge is 0.456 e. The third kappa shape index (κ3) is 2.96. The van der Waals surface area contributed by atoms with Gasteiger partial charge in [0.15, 0.2) is 0 Å². The zero-order chi connectivity index (χ0) is 12.3. The van der Waals surface area contributed by atoms with Gasteiger partial charge in [0.05, 0.1) is 12.2 Å². The van der Waals surface area contributed by atoms with Gasteiger partial charge in [-0.2, -0.15) is 0 Å². The number of carbonyl (C=O) groups is 1. The molecule has 2 atom stereocenters. The summed E-state index contributed by atoms with van der Waals surface area (Å²) in [7, 11) is 0. The van der Waals surface area contributed by atoms with Crippen LogP contribution in [0.5, 0.6) is 0 Å². The molecule has 0 saturated carbocycles. The SMILES string of the molecule is C=C[C@@H]1OCC[C@@H]1OC(=O)c1ccc(Br)cc1. The van der Waals surface area contributed by atoms with E-state index >= 15 is 0 Å². The molecule has 1 heterocycles. The fourth-order valence-electron chi connectivity index (χ4n) is 1.73. The highest BCUT2D eigenvalue weighted by atomic mass is 79.9. The first kappa shape index (κ1) is 12.3. The van der Waals surface area contributed by atoms with Crippen LogP contribution in [-0.4, -0.2) is 24.8 Å². The Kier molecular flexibility index (Phi) is 3.97. The summed E-state index contributed by atoms with van der Waals surface area (Å²) < 4.78 is 11.7. The maximum atomic E-state index is 11.8. The summed E-state index contributed by atoms with van der Waals surface area (Å²) >= 11 is 3.32. The second-order valence-electron chi connectivity index (χ2n) is 3.81. The Bertz CT molecular complexity index is 413. The smallest absolute Gasteiger partial charge is 0.338 e. The van der Waals surface area contributed by atoms with Gasteiger partial charge in [-0.3, -0.25) is 0 Å². The first-order chi connectivity index (χ1) is 8.20. The molecule has 1 aromatic rings. The Morgan fingerprint density at radius 3 is 2.82 bits per heavy atom. The Morgan fingerprint density at radius 2 is 2.18 bits per heavy atom. The van der Waals surface area contributed by atoms with Gasteiger partial charge in [0.25, 0.3) is 0 Å². The van der Waals surface area contributed by atoms with Crippen molar-refractivity contribution in [1.29, 1.82) is 0 Å². The molecule has 0 N–H and O–H groups in total. The minimum Gasteiger partial charge on any atom is -0.456 e. The van der Waals surface area contributed by atoms with E-state index in [2.05, 4.69) is 22.5 Å². The molecule has 3 nitrogen and oxygen atoms in total. The molecule has 0 radical (unpaired) electrons. The molecule has 0 aliphatic carbocycles. The van der Waals surface area contributed by atoms with Crippen LogP contribution in [-0.2, 0) is 9.47 Å². The monoisotopic (exact) mass is 296 g/mol. The number of hydrogen-bond donors (Lipinski definition) is 0. The van der Waals surface area contributed by atoms with Crippen LogP contribution in [0.2, 0.25) is 0 Å². The standard InChI is InChI=1S/C13H13BrO3/c1-2-11-12(7-8-16-11)17-13(15)9-3-5-10(14)6-4-9/h2-6,11-12H,1,7-8H2/t11-,12-/m0/s1. The van der Waals surface area contributed by atoms with Gasteiger partial charge >= 0.3 is 5.97 Å². The van der Waals surface area contributed by atoms with Gasteiger partial charge < -0.3 is 9.47 Å². The number of hydrogen-bond acceptors (Lipinski definition) is 3. The van der Waals surface area contributed by atoms with Crippen molar-refractivity contribution in [3.63, 3.8) is 0 Å². The van der Waals surface area contributed by atoms with Gasteiger partial charge in [0.2, 0.25) is 0 Å². The molecular formula is C13H13BrO3. The molecular weight excluding hydrogens is 284 g/mol. The van der Waals surface area contributed by atoms with Crippen molar-refractivity contribution >= 4 is 21.9 Å². The van der Waals surface area contributed by atoms with Crippen molar-refractivity contribution < 1.29 is 14.3 Å². The van der Waals surface area contributed by atoms with Gasteiger partial charge in [0, 0.05) is 10.9 Å². The highest BCUT2D eigenvalue weighted by Crippen LogP contribution is 2.20. The van der Waals surface area contributed by atoms with Crippen molar-refractivity contribution in [2.45, 2.75) is 18.6 Å². The Labute approximate surface area is 109 Å². The number of benzene rings is 1. The van der Waals surface area contributed by atoms with Crippen molar-refractivity contribution in [3.05, 3.63) is 47.0 Å². The molecule has 1 aliphatic rings. The molecule has 0 unspecified atom stereocenters. The molecule has 0 aromatic heterocycles. The number of rotatable bonds is 3. The molecule has 1 aliphatic heterocycles. The zero-order valence-corrected chi connectivity index (χ0v) is 10.9. The minimum atomic E-state index is -0.320. The van der Waals surface area contributed by atoms with Crippen molar-refractivity contribution in [2.24, 2.45) is 0 Å². The molecule has 1 fully saturated rings. The van der Waals surface area contributed by atoms with E-state index in [9.17, 15) is 4.79 Å². The maximum absolute atomic E-state index is 11.8. The molecule has 90 valence electrons. The second kappa shape index (κ2) is 5.47. The Morgan fingerprint density at radius 1 is 1.47 bits per heavy atom. The maximum Gasteiger partial charge on any atom is 0.338 e. The van der Waals surface area contributed by atoms with Gasteiger partial charge in [-0.25, -0.2) is 4.79 Å². The number of esters is 1. The number of carbonyl (C=O) groups excluding carboxylic acids is 1. The summed E-state index contributed by atoms with van der Waals surface area (Å²) in [6.07, 6.45) is 1.99. The second-order valence-corrected chi connectivity index (χ2v) is 4.73. The molecule has 17 heavy (non-hydrogen) atoms. The number of halogens is 1. The van der Waals surface area contributed by atoms with Crippen LogP contribution in [0.15, 0.2) is 41.4 Å². The van der Waals surface area contributed by atoms with Crippen LogP contribution in [0, 0.1) is 0 Å². The fraction of sp³-hybridized carbons (Fsp3) is 0.308. The fourth-order valence-corrected chi connectivity index (χ4v) is 1.99. The summed E-state index contributed by atoms with van der Waals surface area (Å²) in [6.45, 7) is 4.27. The lowest BCUT2D eigenvalue weighted by molar-refractivity contribution is 0.0136. The summed E-state index contributed by atoms with van der Waals surface area (Å²) in [4.78, 5) is 11.8. The van der Waals surface area contributed by atoms with Crippen molar-refractivity contribution in [2.75, 3.05) is 6.61 Å². The average Bonchev–Trinajstić information content (AvgIpc) is 2.77. The molecule has 0 spiro atoms. The predicted octanol–water partition coefficient (Wildman–Crippen LogP) is 2.95. The van der Waals surface area contributed by atoms with Gasteiger partial charge in [-0.05, 0) is 24.3 Å². The van der Waals surface area contributed by atoms with Gasteiger partial charge in [-0.15, -0.1) is 6.58 Å². The molecule has 0 bridgehead atoms. The lowest BCUT2D eigenvalue weighted by Crippen LogP contribution is -2.25. The lowest BCUT2D eigenvalue weighted by atomic mass is 10.2. The van der Waals surface area contributed by atoms with E-state index in [1.165, 1.54) is 0 Å². The van der Waals surface area contributed by atoms with E-state index in [4.69, 9.17) is 9.47 Å². The molecule has 1 saturated heterocycles. The van der Waals surface area contributed by atoms with Crippen LogP contribution in [0.1, 0.15) is 16.8 Å². The topological polar surface area (TPSA) is 35.5 Å². The van der Waals surface area contributed by atoms with E-state index in [1.807, 2.05) is 12.1 Å². The highest BCUT2D eigenvalue weighted by molar-refractivity contribution is 9.10. The normalized spacial score (nSPS) is 23.4. The van der Waals surface area contributed by atoms with E-state index in [-0.39, 0.29) is 18.2 Å². The minimum absolute atomic E-state index is 0.186. The molecule has 1 aromatic carbocycles. The van der Waals surface area contributed by atoms with Gasteiger partial charge in [-0.1, -0.05) is 22.0 Å². The van der Waals surface area contributed by atoms with Crippen LogP contribution in [0.25, 0.3) is 0 Å². The summed E-state index contributed by atoms with van der Waals surface area (Å²) in [5, 5.41) is 0. The summed E-state index contributed by atoms with van der Waals surface area (Å²) in [6, 6.07) is 7.08.